The first-order valence-electron chi connectivity index (χ1n) is 6.22. The van der Waals surface area contributed by atoms with Crippen molar-refractivity contribution in [2.24, 2.45) is 0 Å². The largest absolute Gasteiger partial charge is 0.381 e. The summed E-state index contributed by atoms with van der Waals surface area (Å²) in [5.74, 6) is -0.867. The van der Waals surface area contributed by atoms with Crippen LogP contribution in [0.25, 0.3) is 0 Å². The van der Waals surface area contributed by atoms with Crippen LogP contribution in [0.3, 0.4) is 0 Å². The summed E-state index contributed by atoms with van der Waals surface area (Å²) in [6, 6.07) is 4.48. The monoisotopic (exact) mass is 347 g/mol. The summed E-state index contributed by atoms with van der Waals surface area (Å²) >= 11 is 3.19. The maximum absolute atomic E-state index is 13.7. The standard InChI is InChI=1S/C14H19BrFNO3/c1-9(17-13(18)14(2,19)8-20-3)6-10-4-5-11(15)7-12(10)16/h4-5,7,9,19H,6,8H2,1-3H3,(H,17,18)/t9-,14-/m1/s1. The van der Waals surface area contributed by atoms with E-state index in [1.165, 1.54) is 20.1 Å². The third kappa shape index (κ3) is 4.85. The SMILES string of the molecule is COC[C@@](C)(O)C(=O)N[C@H](C)Cc1ccc(Br)cc1F. The number of hydrogen-bond donors (Lipinski definition) is 2. The Bertz CT molecular complexity index is 479. The van der Waals surface area contributed by atoms with Gasteiger partial charge in [-0.1, -0.05) is 22.0 Å². The lowest BCUT2D eigenvalue weighted by molar-refractivity contribution is -0.143. The Kier molecular flexibility index (Phi) is 6.10. The van der Waals surface area contributed by atoms with E-state index in [9.17, 15) is 14.3 Å². The lowest BCUT2D eigenvalue weighted by atomic mass is 10.0. The summed E-state index contributed by atoms with van der Waals surface area (Å²) in [6.45, 7) is 3.03. The third-order valence-corrected chi connectivity index (χ3v) is 3.33. The highest BCUT2D eigenvalue weighted by Gasteiger charge is 2.31. The molecule has 6 heteroatoms. The van der Waals surface area contributed by atoms with E-state index in [2.05, 4.69) is 21.2 Å². The van der Waals surface area contributed by atoms with Crippen molar-refractivity contribution in [1.29, 1.82) is 0 Å². The highest BCUT2D eigenvalue weighted by atomic mass is 79.9. The Hall–Kier alpha value is -0.980. The Labute approximate surface area is 126 Å². The predicted octanol–water partition coefficient (Wildman–Crippen LogP) is 2.03. The smallest absolute Gasteiger partial charge is 0.254 e. The first-order valence-corrected chi connectivity index (χ1v) is 7.02. The van der Waals surface area contributed by atoms with Crippen molar-refractivity contribution in [2.75, 3.05) is 13.7 Å². The summed E-state index contributed by atoms with van der Waals surface area (Å²) in [6.07, 6.45) is 0.341. The molecule has 0 heterocycles. The summed E-state index contributed by atoms with van der Waals surface area (Å²) in [7, 11) is 1.41. The second-order valence-electron chi connectivity index (χ2n) is 5.02. The number of methoxy groups -OCH3 is 1. The first kappa shape index (κ1) is 17.1. The van der Waals surface area contributed by atoms with Crippen molar-refractivity contribution in [3.63, 3.8) is 0 Å². The zero-order chi connectivity index (χ0) is 15.3. The van der Waals surface area contributed by atoms with E-state index in [-0.39, 0.29) is 18.5 Å². The molecule has 20 heavy (non-hydrogen) atoms. The molecule has 0 bridgehead atoms. The highest BCUT2D eigenvalue weighted by Crippen LogP contribution is 2.16. The van der Waals surface area contributed by atoms with E-state index in [0.717, 1.165) is 0 Å². The number of benzene rings is 1. The van der Waals surface area contributed by atoms with E-state index < -0.39 is 11.5 Å². The van der Waals surface area contributed by atoms with Gasteiger partial charge in [-0.15, -0.1) is 0 Å². The fourth-order valence-corrected chi connectivity index (χ4v) is 2.13. The first-order chi connectivity index (χ1) is 9.26. The molecule has 0 aliphatic rings. The van der Waals surface area contributed by atoms with Gasteiger partial charge in [-0.3, -0.25) is 4.79 Å². The number of amides is 1. The summed E-state index contributed by atoms with van der Waals surface area (Å²) in [5, 5.41) is 12.5. The molecule has 0 saturated heterocycles. The fraction of sp³-hybridized carbons (Fsp3) is 0.500. The zero-order valence-electron chi connectivity index (χ0n) is 11.7. The number of nitrogens with one attached hydrogen (secondary N) is 1. The van der Waals surface area contributed by atoms with Crippen LogP contribution in [0.4, 0.5) is 4.39 Å². The quantitative estimate of drug-likeness (QED) is 0.827. The van der Waals surface area contributed by atoms with Gasteiger partial charge in [0.25, 0.3) is 5.91 Å². The zero-order valence-corrected chi connectivity index (χ0v) is 13.3. The number of carbonyl (C=O) groups excluding carboxylic acids is 1. The van der Waals surface area contributed by atoms with Crippen molar-refractivity contribution in [3.8, 4) is 0 Å². The molecule has 0 saturated carbocycles. The molecule has 0 radical (unpaired) electrons. The topological polar surface area (TPSA) is 58.6 Å². The molecule has 1 aromatic carbocycles. The summed E-state index contributed by atoms with van der Waals surface area (Å²) in [5.41, 5.74) is -1.09. The average molecular weight is 348 g/mol. The number of ether oxygens (including phenoxy) is 1. The van der Waals surface area contributed by atoms with Crippen LogP contribution in [-0.2, 0) is 16.0 Å². The molecular formula is C14H19BrFNO3. The third-order valence-electron chi connectivity index (χ3n) is 2.83. The van der Waals surface area contributed by atoms with Gasteiger partial charge in [-0.2, -0.15) is 0 Å². The van der Waals surface area contributed by atoms with Gasteiger partial charge in [-0.25, -0.2) is 4.39 Å². The van der Waals surface area contributed by atoms with E-state index in [1.807, 2.05) is 0 Å². The number of halogens is 2. The van der Waals surface area contributed by atoms with Gasteiger partial charge in [0.15, 0.2) is 5.60 Å². The number of aliphatic hydroxyl groups is 1. The molecule has 1 aromatic rings. The molecule has 2 atom stereocenters. The van der Waals surface area contributed by atoms with E-state index in [1.54, 1.807) is 19.1 Å². The van der Waals surface area contributed by atoms with Gasteiger partial charge in [-0.05, 0) is 38.0 Å². The molecule has 0 aromatic heterocycles. The normalized spacial score (nSPS) is 15.5. The van der Waals surface area contributed by atoms with E-state index in [4.69, 9.17) is 4.74 Å². The molecule has 4 nitrogen and oxygen atoms in total. The van der Waals surface area contributed by atoms with Crippen LogP contribution in [0.5, 0.6) is 0 Å². The minimum Gasteiger partial charge on any atom is -0.381 e. The highest BCUT2D eigenvalue weighted by molar-refractivity contribution is 9.10. The van der Waals surface area contributed by atoms with Gasteiger partial charge in [0.2, 0.25) is 0 Å². The van der Waals surface area contributed by atoms with Gasteiger partial charge in [0.05, 0.1) is 6.61 Å². The molecule has 0 spiro atoms. The number of hydrogen-bond acceptors (Lipinski definition) is 3. The van der Waals surface area contributed by atoms with Crippen molar-refractivity contribution in [2.45, 2.75) is 31.9 Å². The Morgan fingerprint density at radius 3 is 2.80 bits per heavy atom. The van der Waals surface area contributed by atoms with Crippen LogP contribution < -0.4 is 5.32 Å². The molecule has 0 aliphatic heterocycles. The number of carbonyl (C=O) groups is 1. The van der Waals surface area contributed by atoms with Gasteiger partial charge < -0.3 is 15.2 Å². The molecule has 112 valence electrons. The van der Waals surface area contributed by atoms with Gasteiger partial charge in [0.1, 0.15) is 5.82 Å². The average Bonchev–Trinajstić information content (AvgIpc) is 2.32. The predicted molar refractivity (Wildman–Crippen MR) is 77.9 cm³/mol. The van der Waals surface area contributed by atoms with Crippen LogP contribution in [0.1, 0.15) is 19.4 Å². The Morgan fingerprint density at radius 2 is 2.25 bits per heavy atom. The van der Waals surface area contributed by atoms with Gasteiger partial charge in [0, 0.05) is 17.6 Å². The molecule has 2 N–H and O–H groups in total. The molecule has 1 amide bonds. The molecule has 0 unspecified atom stereocenters. The molecule has 0 fully saturated rings. The Balaban J connectivity index is 2.63. The number of rotatable bonds is 6. The molecule has 1 rings (SSSR count). The lowest BCUT2D eigenvalue weighted by Crippen LogP contribution is -2.50. The van der Waals surface area contributed by atoms with Crippen molar-refractivity contribution in [3.05, 3.63) is 34.1 Å². The van der Waals surface area contributed by atoms with Crippen LogP contribution in [0.2, 0.25) is 0 Å². The fourth-order valence-electron chi connectivity index (χ4n) is 1.79. The lowest BCUT2D eigenvalue weighted by Gasteiger charge is -2.24. The maximum Gasteiger partial charge on any atom is 0.254 e. The molecule has 0 aliphatic carbocycles. The van der Waals surface area contributed by atoms with Crippen LogP contribution in [0.15, 0.2) is 22.7 Å². The second kappa shape index (κ2) is 7.15. The van der Waals surface area contributed by atoms with Crippen LogP contribution in [0, 0.1) is 5.82 Å². The van der Waals surface area contributed by atoms with Crippen molar-refractivity contribution < 1.29 is 19.0 Å². The van der Waals surface area contributed by atoms with Gasteiger partial charge >= 0.3 is 0 Å². The Morgan fingerprint density at radius 1 is 1.60 bits per heavy atom. The second-order valence-corrected chi connectivity index (χ2v) is 5.94. The van der Waals surface area contributed by atoms with E-state index >= 15 is 0 Å². The molecular weight excluding hydrogens is 329 g/mol. The van der Waals surface area contributed by atoms with Crippen LogP contribution >= 0.6 is 15.9 Å². The van der Waals surface area contributed by atoms with Crippen LogP contribution in [-0.4, -0.2) is 36.4 Å². The van der Waals surface area contributed by atoms with Crippen molar-refractivity contribution in [1.82, 2.24) is 5.32 Å². The minimum absolute atomic E-state index is 0.0990. The van der Waals surface area contributed by atoms with Crippen molar-refractivity contribution >= 4 is 21.8 Å². The maximum atomic E-state index is 13.7. The summed E-state index contributed by atoms with van der Waals surface area (Å²) in [4.78, 5) is 11.9. The van der Waals surface area contributed by atoms with E-state index in [0.29, 0.717) is 16.5 Å². The summed E-state index contributed by atoms with van der Waals surface area (Å²) < 4.78 is 19.1. The minimum atomic E-state index is -1.60.